The quantitative estimate of drug-likeness (QED) is 0.685. The zero-order valence-corrected chi connectivity index (χ0v) is 16.1. The molecule has 0 bridgehead atoms. The molecule has 0 saturated heterocycles. The van der Waals surface area contributed by atoms with E-state index >= 15 is 0 Å². The van der Waals surface area contributed by atoms with Gasteiger partial charge in [0.2, 0.25) is 5.91 Å². The van der Waals surface area contributed by atoms with Gasteiger partial charge in [-0.05, 0) is 29.9 Å². The molecule has 1 atom stereocenters. The van der Waals surface area contributed by atoms with Crippen molar-refractivity contribution in [3.05, 3.63) is 35.4 Å². The van der Waals surface area contributed by atoms with Crippen molar-refractivity contribution in [2.45, 2.75) is 46.6 Å². The molecule has 4 nitrogen and oxygen atoms in total. The Morgan fingerprint density at radius 1 is 1.04 bits per heavy atom. The van der Waals surface area contributed by atoms with E-state index in [1.165, 1.54) is 17.3 Å². The highest BCUT2D eigenvalue weighted by atomic mass is 32.2. The number of amides is 1. The standard InChI is InChI=1S/C19H29NO3S/c1-6-23-18(22)12-24-11-17(21)20-19(14(4)5)16-9-7-15(8-10-16)13(2)3/h7-10,13-14,19H,6,11-12H2,1-5H3,(H,20,21). The summed E-state index contributed by atoms with van der Waals surface area (Å²) in [6.07, 6.45) is 0. The second kappa shape index (κ2) is 10.4. The molecule has 1 N–H and O–H groups in total. The van der Waals surface area contributed by atoms with Crippen molar-refractivity contribution in [1.82, 2.24) is 5.32 Å². The summed E-state index contributed by atoms with van der Waals surface area (Å²) < 4.78 is 4.85. The second-order valence-corrected chi connectivity index (χ2v) is 7.39. The van der Waals surface area contributed by atoms with Crippen LogP contribution in [-0.4, -0.2) is 30.0 Å². The fourth-order valence-electron chi connectivity index (χ4n) is 2.37. The van der Waals surface area contributed by atoms with Crippen LogP contribution in [0.5, 0.6) is 0 Å². The van der Waals surface area contributed by atoms with Crippen molar-refractivity contribution in [3.63, 3.8) is 0 Å². The molecular formula is C19H29NO3S. The molecule has 1 aromatic rings. The number of esters is 1. The number of benzene rings is 1. The Kier molecular flexibility index (Phi) is 8.90. The van der Waals surface area contributed by atoms with Crippen LogP contribution in [0.4, 0.5) is 0 Å². The van der Waals surface area contributed by atoms with E-state index in [2.05, 4.69) is 57.3 Å². The van der Waals surface area contributed by atoms with E-state index in [1.54, 1.807) is 6.92 Å². The van der Waals surface area contributed by atoms with E-state index in [9.17, 15) is 9.59 Å². The van der Waals surface area contributed by atoms with Crippen LogP contribution in [0.3, 0.4) is 0 Å². The molecule has 1 unspecified atom stereocenters. The lowest BCUT2D eigenvalue weighted by Gasteiger charge is -2.23. The van der Waals surface area contributed by atoms with E-state index in [1.807, 2.05) is 0 Å². The van der Waals surface area contributed by atoms with Gasteiger partial charge in [0, 0.05) is 0 Å². The molecule has 0 aromatic heterocycles. The molecule has 24 heavy (non-hydrogen) atoms. The summed E-state index contributed by atoms with van der Waals surface area (Å²) in [6.45, 7) is 10.6. The second-order valence-electron chi connectivity index (χ2n) is 6.41. The lowest BCUT2D eigenvalue weighted by molar-refractivity contribution is -0.139. The lowest BCUT2D eigenvalue weighted by atomic mass is 9.93. The maximum Gasteiger partial charge on any atom is 0.315 e. The number of nitrogens with one attached hydrogen (secondary N) is 1. The van der Waals surface area contributed by atoms with Gasteiger partial charge in [-0.2, -0.15) is 0 Å². The van der Waals surface area contributed by atoms with E-state index in [-0.39, 0.29) is 35.3 Å². The normalized spacial score (nSPS) is 12.3. The average molecular weight is 352 g/mol. The lowest BCUT2D eigenvalue weighted by Crippen LogP contribution is -2.33. The summed E-state index contributed by atoms with van der Waals surface area (Å²) in [5, 5.41) is 3.08. The van der Waals surface area contributed by atoms with Crippen LogP contribution in [0.2, 0.25) is 0 Å². The van der Waals surface area contributed by atoms with Crippen molar-refractivity contribution in [1.29, 1.82) is 0 Å². The van der Waals surface area contributed by atoms with Gasteiger partial charge in [-0.15, -0.1) is 11.8 Å². The first-order chi connectivity index (χ1) is 11.3. The molecule has 0 aliphatic rings. The summed E-state index contributed by atoms with van der Waals surface area (Å²) in [5.41, 5.74) is 2.40. The number of carbonyl (C=O) groups excluding carboxylic acids is 2. The van der Waals surface area contributed by atoms with Gasteiger partial charge in [0.05, 0.1) is 24.2 Å². The van der Waals surface area contributed by atoms with Gasteiger partial charge < -0.3 is 10.1 Å². The highest BCUT2D eigenvalue weighted by molar-refractivity contribution is 8.00. The topological polar surface area (TPSA) is 55.4 Å². The third kappa shape index (κ3) is 6.95. The number of hydrogen-bond donors (Lipinski definition) is 1. The zero-order valence-electron chi connectivity index (χ0n) is 15.3. The van der Waals surface area contributed by atoms with Crippen LogP contribution >= 0.6 is 11.8 Å². The minimum absolute atomic E-state index is 0.0260. The smallest absolute Gasteiger partial charge is 0.315 e. The molecule has 1 aromatic carbocycles. The molecule has 0 aliphatic carbocycles. The number of carbonyl (C=O) groups is 2. The van der Waals surface area contributed by atoms with Crippen LogP contribution < -0.4 is 5.32 Å². The predicted molar refractivity (Wildman–Crippen MR) is 100 cm³/mol. The summed E-state index contributed by atoms with van der Waals surface area (Å²) >= 11 is 1.28. The van der Waals surface area contributed by atoms with Gasteiger partial charge in [0.25, 0.3) is 0 Å². The van der Waals surface area contributed by atoms with Crippen molar-refractivity contribution in [3.8, 4) is 0 Å². The van der Waals surface area contributed by atoms with Gasteiger partial charge in [-0.1, -0.05) is 52.0 Å². The Labute approximate surface area is 149 Å². The molecule has 5 heteroatoms. The Hall–Kier alpha value is -1.49. The molecule has 0 radical (unpaired) electrons. The fourth-order valence-corrected chi connectivity index (χ4v) is 2.99. The van der Waals surface area contributed by atoms with Crippen molar-refractivity contribution in [2.24, 2.45) is 5.92 Å². The molecule has 0 spiro atoms. The van der Waals surface area contributed by atoms with Crippen LogP contribution in [0.15, 0.2) is 24.3 Å². The number of ether oxygens (including phenoxy) is 1. The van der Waals surface area contributed by atoms with Crippen LogP contribution in [-0.2, 0) is 14.3 Å². The first kappa shape index (κ1) is 20.6. The summed E-state index contributed by atoms with van der Waals surface area (Å²) in [7, 11) is 0. The minimum atomic E-state index is -0.278. The van der Waals surface area contributed by atoms with Gasteiger partial charge in [-0.25, -0.2) is 0 Å². The first-order valence-electron chi connectivity index (χ1n) is 8.47. The number of rotatable bonds is 9. The Morgan fingerprint density at radius 3 is 2.12 bits per heavy atom. The van der Waals surface area contributed by atoms with E-state index in [0.29, 0.717) is 12.5 Å². The largest absolute Gasteiger partial charge is 0.465 e. The predicted octanol–water partition coefficient (Wildman–Crippen LogP) is 3.92. The van der Waals surface area contributed by atoms with Crippen LogP contribution in [0, 0.1) is 5.92 Å². The SMILES string of the molecule is CCOC(=O)CSCC(=O)NC(c1ccc(C(C)C)cc1)C(C)C. The Balaban J connectivity index is 2.59. The maximum absolute atomic E-state index is 12.2. The van der Waals surface area contributed by atoms with Crippen LogP contribution in [0.1, 0.15) is 57.7 Å². The third-order valence-electron chi connectivity index (χ3n) is 3.70. The zero-order chi connectivity index (χ0) is 18.1. The molecular weight excluding hydrogens is 322 g/mol. The Bertz CT molecular complexity index is 526. The molecule has 0 saturated carbocycles. The molecule has 134 valence electrons. The highest BCUT2D eigenvalue weighted by Gasteiger charge is 2.18. The van der Waals surface area contributed by atoms with Gasteiger partial charge in [0.15, 0.2) is 0 Å². The Morgan fingerprint density at radius 2 is 1.62 bits per heavy atom. The fraction of sp³-hybridized carbons (Fsp3) is 0.579. The van der Waals surface area contributed by atoms with E-state index < -0.39 is 0 Å². The van der Waals surface area contributed by atoms with Gasteiger partial charge >= 0.3 is 5.97 Å². The van der Waals surface area contributed by atoms with Crippen molar-refractivity contribution >= 4 is 23.6 Å². The molecule has 0 fully saturated rings. The van der Waals surface area contributed by atoms with Gasteiger partial charge in [0.1, 0.15) is 0 Å². The van der Waals surface area contributed by atoms with Crippen molar-refractivity contribution < 1.29 is 14.3 Å². The average Bonchev–Trinajstić information content (AvgIpc) is 2.52. The number of hydrogen-bond acceptors (Lipinski definition) is 4. The number of thioether (sulfide) groups is 1. The van der Waals surface area contributed by atoms with E-state index in [4.69, 9.17) is 4.74 Å². The highest BCUT2D eigenvalue weighted by Crippen LogP contribution is 2.24. The van der Waals surface area contributed by atoms with Gasteiger partial charge in [-0.3, -0.25) is 9.59 Å². The first-order valence-corrected chi connectivity index (χ1v) is 9.63. The third-order valence-corrected chi connectivity index (χ3v) is 4.61. The molecule has 1 rings (SSSR count). The summed E-state index contributed by atoms with van der Waals surface area (Å²) in [4.78, 5) is 23.5. The summed E-state index contributed by atoms with van der Waals surface area (Å²) in [5.74, 6) is 0.901. The van der Waals surface area contributed by atoms with E-state index in [0.717, 1.165) is 5.56 Å². The molecule has 0 aliphatic heterocycles. The summed E-state index contributed by atoms with van der Waals surface area (Å²) in [6, 6.07) is 8.40. The van der Waals surface area contributed by atoms with Crippen LogP contribution in [0.25, 0.3) is 0 Å². The molecule has 0 heterocycles. The van der Waals surface area contributed by atoms with Crippen molar-refractivity contribution in [2.75, 3.05) is 18.1 Å². The molecule has 1 amide bonds. The minimum Gasteiger partial charge on any atom is -0.465 e. The maximum atomic E-state index is 12.2. The monoisotopic (exact) mass is 351 g/mol.